The van der Waals surface area contributed by atoms with Gasteiger partial charge in [-0.05, 0) is 25.0 Å². The normalized spacial score (nSPS) is 22.5. The molecule has 1 aliphatic heterocycles. The molecule has 0 unspecified atom stereocenters. The van der Waals surface area contributed by atoms with Gasteiger partial charge in [0.15, 0.2) is 0 Å². The van der Waals surface area contributed by atoms with Crippen molar-refractivity contribution >= 4 is 11.8 Å². The molecular formula is C17H25FN2S. The summed E-state index contributed by atoms with van der Waals surface area (Å²) < 4.78 is 13.7. The van der Waals surface area contributed by atoms with Crippen molar-refractivity contribution in [2.75, 3.05) is 31.9 Å². The molecule has 2 aliphatic rings. The quantitative estimate of drug-likeness (QED) is 0.857. The Labute approximate surface area is 131 Å². The van der Waals surface area contributed by atoms with E-state index in [-0.39, 0.29) is 5.82 Å². The molecule has 0 aromatic heterocycles. The Bertz CT molecular complexity index is 452. The summed E-state index contributed by atoms with van der Waals surface area (Å²) in [6.07, 6.45) is 6.76. The average molecular weight is 308 g/mol. The molecule has 1 N–H and O–H groups in total. The van der Waals surface area contributed by atoms with Gasteiger partial charge in [0.2, 0.25) is 0 Å². The third-order valence-electron chi connectivity index (χ3n) is 4.92. The van der Waals surface area contributed by atoms with E-state index in [1.165, 1.54) is 32.1 Å². The standard InChI is InChI=1S/C17H25FN2S/c18-15-6-2-3-7-16(15)21-13-12-20-11-10-19-14-17(20)8-4-1-5-9-17/h2-3,6-7,19H,1,4-5,8-14H2. The van der Waals surface area contributed by atoms with Crippen LogP contribution in [0.1, 0.15) is 32.1 Å². The van der Waals surface area contributed by atoms with E-state index in [0.29, 0.717) is 5.54 Å². The highest BCUT2D eigenvalue weighted by atomic mass is 32.2. The van der Waals surface area contributed by atoms with Crippen LogP contribution in [0.3, 0.4) is 0 Å². The number of nitrogens with one attached hydrogen (secondary N) is 1. The first-order chi connectivity index (χ1) is 10.3. The van der Waals surface area contributed by atoms with Crippen molar-refractivity contribution in [1.29, 1.82) is 0 Å². The second-order valence-electron chi connectivity index (χ2n) is 6.23. The van der Waals surface area contributed by atoms with Gasteiger partial charge in [0, 0.05) is 42.4 Å². The van der Waals surface area contributed by atoms with Crippen molar-refractivity contribution < 1.29 is 4.39 Å². The fraction of sp³-hybridized carbons (Fsp3) is 0.647. The van der Waals surface area contributed by atoms with Crippen molar-refractivity contribution in [2.24, 2.45) is 0 Å². The summed E-state index contributed by atoms with van der Waals surface area (Å²) in [5.74, 6) is 0.887. The monoisotopic (exact) mass is 308 g/mol. The topological polar surface area (TPSA) is 15.3 Å². The molecule has 3 rings (SSSR count). The highest BCUT2D eigenvalue weighted by Gasteiger charge is 2.39. The van der Waals surface area contributed by atoms with Crippen LogP contribution in [-0.4, -0.2) is 42.4 Å². The number of benzene rings is 1. The van der Waals surface area contributed by atoms with Crippen LogP contribution in [0.2, 0.25) is 0 Å². The van der Waals surface area contributed by atoms with Crippen molar-refractivity contribution in [1.82, 2.24) is 10.2 Å². The Hall–Kier alpha value is -0.580. The summed E-state index contributed by atoms with van der Waals surface area (Å²) in [7, 11) is 0. The summed E-state index contributed by atoms with van der Waals surface area (Å²) >= 11 is 1.65. The Balaban J connectivity index is 1.57. The van der Waals surface area contributed by atoms with E-state index in [2.05, 4.69) is 10.2 Å². The van der Waals surface area contributed by atoms with E-state index in [0.717, 1.165) is 36.8 Å². The van der Waals surface area contributed by atoms with Crippen LogP contribution in [0.5, 0.6) is 0 Å². The second kappa shape index (κ2) is 7.12. The third kappa shape index (κ3) is 3.61. The summed E-state index contributed by atoms with van der Waals surface area (Å²) in [6, 6.07) is 7.11. The number of nitrogens with zero attached hydrogens (tertiary/aromatic N) is 1. The van der Waals surface area contributed by atoms with Crippen molar-refractivity contribution in [3.63, 3.8) is 0 Å². The molecule has 1 aromatic rings. The largest absolute Gasteiger partial charge is 0.314 e. The summed E-state index contributed by atoms with van der Waals surface area (Å²) in [5.41, 5.74) is 0.381. The molecule has 21 heavy (non-hydrogen) atoms. The third-order valence-corrected chi connectivity index (χ3v) is 5.95. The lowest BCUT2D eigenvalue weighted by molar-refractivity contribution is 0.0333. The molecule has 1 spiro atoms. The molecule has 1 saturated carbocycles. The fourth-order valence-electron chi connectivity index (χ4n) is 3.76. The molecule has 116 valence electrons. The van der Waals surface area contributed by atoms with Crippen LogP contribution in [0, 0.1) is 5.82 Å². The van der Waals surface area contributed by atoms with E-state index in [9.17, 15) is 4.39 Å². The maximum Gasteiger partial charge on any atom is 0.136 e. The first-order valence-electron chi connectivity index (χ1n) is 8.13. The van der Waals surface area contributed by atoms with E-state index in [4.69, 9.17) is 0 Å². The molecule has 0 radical (unpaired) electrons. The maximum absolute atomic E-state index is 13.7. The smallest absolute Gasteiger partial charge is 0.136 e. The van der Waals surface area contributed by atoms with Crippen LogP contribution < -0.4 is 5.32 Å². The number of halogens is 1. The zero-order chi connectivity index (χ0) is 14.5. The van der Waals surface area contributed by atoms with Gasteiger partial charge in [-0.3, -0.25) is 4.90 Å². The molecule has 0 atom stereocenters. The molecule has 2 fully saturated rings. The average Bonchev–Trinajstić information content (AvgIpc) is 2.52. The van der Waals surface area contributed by atoms with Crippen LogP contribution in [0.4, 0.5) is 4.39 Å². The Kier molecular flexibility index (Phi) is 5.19. The minimum atomic E-state index is -0.0878. The van der Waals surface area contributed by atoms with Gasteiger partial charge in [0.05, 0.1) is 0 Å². The zero-order valence-electron chi connectivity index (χ0n) is 12.6. The van der Waals surface area contributed by atoms with Crippen LogP contribution in [0.15, 0.2) is 29.2 Å². The minimum absolute atomic E-state index is 0.0878. The van der Waals surface area contributed by atoms with E-state index >= 15 is 0 Å². The van der Waals surface area contributed by atoms with Gasteiger partial charge in [0.1, 0.15) is 5.82 Å². The highest BCUT2D eigenvalue weighted by molar-refractivity contribution is 7.99. The van der Waals surface area contributed by atoms with Gasteiger partial charge >= 0.3 is 0 Å². The second-order valence-corrected chi connectivity index (χ2v) is 7.36. The van der Waals surface area contributed by atoms with E-state index < -0.39 is 0 Å². The van der Waals surface area contributed by atoms with Gasteiger partial charge < -0.3 is 5.32 Å². The molecule has 1 aromatic carbocycles. The fourth-order valence-corrected chi connectivity index (χ4v) is 4.68. The van der Waals surface area contributed by atoms with Crippen molar-refractivity contribution in [3.05, 3.63) is 30.1 Å². The predicted octanol–water partition coefficient (Wildman–Crippen LogP) is 3.53. The number of hydrogen-bond acceptors (Lipinski definition) is 3. The highest BCUT2D eigenvalue weighted by Crippen LogP contribution is 2.35. The van der Waals surface area contributed by atoms with Crippen LogP contribution in [0.25, 0.3) is 0 Å². The minimum Gasteiger partial charge on any atom is -0.314 e. The summed E-state index contributed by atoms with van der Waals surface area (Å²) in [6.45, 7) is 4.43. The molecule has 4 heteroatoms. The SMILES string of the molecule is Fc1ccccc1SCCN1CCNCC12CCCCC2. The number of rotatable bonds is 4. The Morgan fingerprint density at radius 3 is 2.81 bits per heavy atom. The lowest BCUT2D eigenvalue weighted by Crippen LogP contribution is -2.62. The van der Waals surface area contributed by atoms with Gasteiger partial charge in [-0.1, -0.05) is 31.4 Å². The lowest BCUT2D eigenvalue weighted by atomic mass is 9.79. The van der Waals surface area contributed by atoms with Crippen molar-refractivity contribution in [3.8, 4) is 0 Å². The van der Waals surface area contributed by atoms with Gasteiger partial charge in [0.25, 0.3) is 0 Å². The number of thioether (sulfide) groups is 1. The number of piperazine rings is 1. The predicted molar refractivity (Wildman–Crippen MR) is 87.4 cm³/mol. The van der Waals surface area contributed by atoms with Gasteiger partial charge in [-0.15, -0.1) is 11.8 Å². The lowest BCUT2D eigenvalue weighted by Gasteiger charge is -2.50. The number of hydrogen-bond donors (Lipinski definition) is 1. The summed E-state index contributed by atoms with van der Waals surface area (Å²) in [4.78, 5) is 3.46. The molecule has 0 bridgehead atoms. The molecular weight excluding hydrogens is 283 g/mol. The first-order valence-corrected chi connectivity index (χ1v) is 9.12. The van der Waals surface area contributed by atoms with Crippen molar-refractivity contribution in [2.45, 2.75) is 42.5 Å². The van der Waals surface area contributed by atoms with E-state index in [1.54, 1.807) is 23.9 Å². The molecule has 1 aliphatic carbocycles. The molecule has 1 saturated heterocycles. The van der Waals surface area contributed by atoms with Gasteiger partial charge in [-0.2, -0.15) is 0 Å². The molecule has 1 heterocycles. The Morgan fingerprint density at radius 2 is 2.00 bits per heavy atom. The molecule has 0 amide bonds. The maximum atomic E-state index is 13.7. The van der Waals surface area contributed by atoms with Gasteiger partial charge in [-0.25, -0.2) is 4.39 Å². The molecule has 2 nitrogen and oxygen atoms in total. The van der Waals surface area contributed by atoms with Crippen LogP contribution in [-0.2, 0) is 0 Å². The first kappa shape index (κ1) is 15.3. The van der Waals surface area contributed by atoms with Crippen LogP contribution >= 0.6 is 11.8 Å². The summed E-state index contributed by atoms with van der Waals surface area (Å²) in [5, 5.41) is 3.58. The van der Waals surface area contributed by atoms with E-state index in [1.807, 2.05) is 12.1 Å². The Morgan fingerprint density at radius 1 is 1.19 bits per heavy atom. The zero-order valence-corrected chi connectivity index (χ0v) is 13.4.